The summed E-state index contributed by atoms with van der Waals surface area (Å²) in [5.74, 6) is 0.619. The number of hydrogen-bond acceptors (Lipinski definition) is 5. The molecule has 0 atom stereocenters. The van der Waals surface area contributed by atoms with Crippen molar-refractivity contribution in [2.45, 2.75) is 0 Å². The third-order valence-electron chi connectivity index (χ3n) is 2.77. The van der Waals surface area contributed by atoms with Crippen LogP contribution in [0.3, 0.4) is 0 Å². The summed E-state index contributed by atoms with van der Waals surface area (Å²) in [6, 6.07) is 7.84. The van der Waals surface area contributed by atoms with Crippen molar-refractivity contribution in [2.75, 3.05) is 0 Å². The standard InChI is InChI=1S/C13H7N3OS/c1-2-10-12(18-7-15-10)5-8(1)13-16-9-3-4-14-6-11(9)17-13/h1-7H. The Balaban J connectivity index is 1.94. The van der Waals surface area contributed by atoms with E-state index in [1.165, 1.54) is 0 Å². The molecule has 0 aliphatic heterocycles. The van der Waals surface area contributed by atoms with Crippen molar-refractivity contribution in [3.05, 3.63) is 42.2 Å². The summed E-state index contributed by atoms with van der Waals surface area (Å²) < 4.78 is 6.82. The van der Waals surface area contributed by atoms with E-state index in [-0.39, 0.29) is 0 Å². The van der Waals surface area contributed by atoms with Crippen LogP contribution < -0.4 is 0 Å². The zero-order chi connectivity index (χ0) is 11.9. The normalized spacial score (nSPS) is 11.3. The molecule has 0 amide bonds. The first-order valence-electron chi connectivity index (χ1n) is 5.44. The number of benzene rings is 1. The van der Waals surface area contributed by atoms with Crippen molar-refractivity contribution < 1.29 is 4.42 Å². The predicted octanol–water partition coefficient (Wildman–Crippen LogP) is 3.50. The quantitative estimate of drug-likeness (QED) is 0.521. The summed E-state index contributed by atoms with van der Waals surface area (Å²) in [7, 11) is 0. The van der Waals surface area contributed by atoms with Gasteiger partial charge in [-0.1, -0.05) is 0 Å². The Hall–Kier alpha value is -2.27. The third-order valence-corrected chi connectivity index (χ3v) is 3.56. The third kappa shape index (κ3) is 1.41. The zero-order valence-corrected chi connectivity index (χ0v) is 10.0. The van der Waals surface area contributed by atoms with Gasteiger partial charge in [0, 0.05) is 11.8 Å². The van der Waals surface area contributed by atoms with Crippen LogP contribution in [0.5, 0.6) is 0 Å². The monoisotopic (exact) mass is 253 g/mol. The Morgan fingerprint density at radius 3 is 3.06 bits per heavy atom. The highest BCUT2D eigenvalue weighted by atomic mass is 32.1. The summed E-state index contributed by atoms with van der Waals surface area (Å²) in [4.78, 5) is 12.7. The van der Waals surface area contributed by atoms with Gasteiger partial charge in [-0.2, -0.15) is 0 Å². The van der Waals surface area contributed by atoms with Crippen molar-refractivity contribution in [1.29, 1.82) is 0 Å². The van der Waals surface area contributed by atoms with E-state index >= 15 is 0 Å². The first-order valence-corrected chi connectivity index (χ1v) is 6.32. The molecule has 1 aromatic carbocycles. The Labute approximate surface area is 106 Å². The molecule has 18 heavy (non-hydrogen) atoms. The minimum atomic E-state index is 0.619. The Morgan fingerprint density at radius 1 is 1.11 bits per heavy atom. The van der Waals surface area contributed by atoms with Crippen LogP contribution in [0.4, 0.5) is 0 Å². The van der Waals surface area contributed by atoms with Crippen molar-refractivity contribution in [1.82, 2.24) is 15.0 Å². The summed E-state index contributed by atoms with van der Waals surface area (Å²) in [6.07, 6.45) is 3.39. The molecule has 5 heteroatoms. The van der Waals surface area contributed by atoms with E-state index in [0.29, 0.717) is 11.5 Å². The van der Waals surface area contributed by atoms with Crippen LogP contribution in [0.1, 0.15) is 0 Å². The summed E-state index contributed by atoms with van der Waals surface area (Å²) in [5, 5.41) is 0. The van der Waals surface area contributed by atoms with E-state index in [1.54, 1.807) is 23.7 Å². The fraction of sp³-hybridized carbons (Fsp3) is 0. The Kier molecular flexibility index (Phi) is 1.95. The van der Waals surface area contributed by atoms with Gasteiger partial charge in [0.25, 0.3) is 0 Å². The molecule has 86 valence electrons. The molecule has 0 saturated heterocycles. The summed E-state index contributed by atoms with van der Waals surface area (Å²) in [6.45, 7) is 0. The highest BCUT2D eigenvalue weighted by molar-refractivity contribution is 7.16. The smallest absolute Gasteiger partial charge is 0.227 e. The topological polar surface area (TPSA) is 51.8 Å². The maximum atomic E-state index is 5.69. The lowest BCUT2D eigenvalue weighted by Crippen LogP contribution is -1.76. The van der Waals surface area contributed by atoms with Gasteiger partial charge in [0.1, 0.15) is 5.52 Å². The second kappa shape index (κ2) is 3.61. The largest absolute Gasteiger partial charge is 0.434 e. The molecule has 0 unspecified atom stereocenters. The van der Waals surface area contributed by atoms with Gasteiger partial charge < -0.3 is 4.42 Å². The molecular weight excluding hydrogens is 246 g/mol. The lowest BCUT2D eigenvalue weighted by molar-refractivity contribution is 0.618. The minimum Gasteiger partial charge on any atom is -0.434 e. The maximum Gasteiger partial charge on any atom is 0.227 e. The number of thiazole rings is 1. The number of hydrogen-bond donors (Lipinski definition) is 0. The van der Waals surface area contributed by atoms with Gasteiger partial charge in [0.15, 0.2) is 5.58 Å². The average Bonchev–Trinajstić information content (AvgIpc) is 3.04. The molecule has 4 aromatic rings. The van der Waals surface area contributed by atoms with E-state index in [9.17, 15) is 0 Å². The average molecular weight is 253 g/mol. The SMILES string of the molecule is c1cc2nc(-c3ccc4ncsc4c3)oc2cn1. The van der Waals surface area contributed by atoms with E-state index in [0.717, 1.165) is 21.3 Å². The van der Waals surface area contributed by atoms with Gasteiger partial charge in [-0.05, 0) is 24.3 Å². The number of rotatable bonds is 1. The molecule has 0 aliphatic carbocycles. The molecule has 0 radical (unpaired) electrons. The molecule has 0 N–H and O–H groups in total. The molecule has 0 fully saturated rings. The van der Waals surface area contributed by atoms with Crippen molar-refractivity contribution in [3.63, 3.8) is 0 Å². The first kappa shape index (κ1) is 9.73. The molecule has 3 aromatic heterocycles. The molecular formula is C13H7N3OS. The number of pyridine rings is 1. The van der Waals surface area contributed by atoms with Crippen molar-refractivity contribution in [3.8, 4) is 11.5 Å². The van der Waals surface area contributed by atoms with Crippen LogP contribution >= 0.6 is 11.3 Å². The van der Waals surface area contributed by atoms with Crippen LogP contribution in [0.25, 0.3) is 32.8 Å². The van der Waals surface area contributed by atoms with Crippen molar-refractivity contribution >= 4 is 32.7 Å². The predicted molar refractivity (Wildman–Crippen MR) is 70.4 cm³/mol. The van der Waals surface area contributed by atoms with E-state index in [4.69, 9.17) is 4.42 Å². The summed E-state index contributed by atoms with van der Waals surface area (Å²) >= 11 is 1.61. The fourth-order valence-electron chi connectivity index (χ4n) is 1.89. The lowest BCUT2D eigenvalue weighted by Gasteiger charge is -1.94. The van der Waals surface area contributed by atoms with E-state index < -0.39 is 0 Å². The maximum absolute atomic E-state index is 5.69. The molecule has 0 aliphatic rings. The number of aromatic nitrogens is 3. The van der Waals surface area contributed by atoms with Crippen LogP contribution in [0.15, 0.2) is 46.6 Å². The van der Waals surface area contributed by atoms with Gasteiger partial charge in [0.2, 0.25) is 5.89 Å². The Bertz CT molecular complexity index is 816. The number of oxazole rings is 1. The second-order valence-corrected chi connectivity index (χ2v) is 4.78. The highest BCUT2D eigenvalue weighted by Crippen LogP contribution is 2.27. The molecule has 0 bridgehead atoms. The van der Waals surface area contributed by atoms with Crippen molar-refractivity contribution in [2.24, 2.45) is 0 Å². The van der Waals surface area contributed by atoms with Gasteiger partial charge in [-0.25, -0.2) is 9.97 Å². The van der Waals surface area contributed by atoms with Gasteiger partial charge in [-0.15, -0.1) is 11.3 Å². The van der Waals surface area contributed by atoms with E-state index in [2.05, 4.69) is 15.0 Å². The van der Waals surface area contributed by atoms with Crippen LogP contribution in [0, 0.1) is 0 Å². The first-order chi connectivity index (χ1) is 8.90. The zero-order valence-electron chi connectivity index (χ0n) is 9.20. The molecule has 4 nitrogen and oxygen atoms in total. The van der Waals surface area contributed by atoms with Gasteiger partial charge >= 0.3 is 0 Å². The molecule has 0 spiro atoms. The van der Waals surface area contributed by atoms with Gasteiger partial charge in [0.05, 0.1) is 21.9 Å². The lowest BCUT2D eigenvalue weighted by atomic mass is 10.2. The number of fused-ring (bicyclic) bond motifs is 2. The molecule has 0 saturated carbocycles. The minimum absolute atomic E-state index is 0.619. The molecule has 4 rings (SSSR count). The van der Waals surface area contributed by atoms with Gasteiger partial charge in [-0.3, -0.25) is 4.98 Å². The highest BCUT2D eigenvalue weighted by Gasteiger charge is 2.09. The molecule has 3 heterocycles. The number of nitrogens with zero attached hydrogens (tertiary/aromatic N) is 3. The van der Waals surface area contributed by atoms with Crippen LogP contribution in [-0.4, -0.2) is 15.0 Å². The fourth-order valence-corrected chi connectivity index (χ4v) is 2.61. The summed E-state index contributed by atoms with van der Waals surface area (Å²) in [5.41, 5.74) is 5.33. The second-order valence-electron chi connectivity index (χ2n) is 3.90. The van der Waals surface area contributed by atoms with E-state index in [1.807, 2.05) is 29.8 Å². The van der Waals surface area contributed by atoms with Crippen LogP contribution in [0.2, 0.25) is 0 Å². The Morgan fingerprint density at radius 2 is 2.11 bits per heavy atom. The van der Waals surface area contributed by atoms with Crippen LogP contribution in [-0.2, 0) is 0 Å².